The largest absolute Gasteiger partial charge is 0.508 e. The maximum atomic E-state index is 15.1. The quantitative estimate of drug-likeness (QED) is 0.361. The molecule has 4 amide bonds. The molecule has 1 saturated heterocycles. The third-order valence-corrected chi connectivity index (χ3v) is 8.86. The van der Waals surface area contributed by atoms with E-state index in [1.54, 1.807) is 37.8 Å². The van der Waals surface area contributed by atoms with E-state index in [1.165, 1.54) is 24.0 Å². The van der Waals surface area contributed by atoms with Crippen LogP contribution in [0, 0.1) is 5.41 Å². The van der Waals surface area contributed by atoms with Crippen molar-refractivity contribution >= 4 is 29.5 Å². The van der Waals surface area contributed by atoms with Crippen LogP contribution in [0.2, 0.25) is 0 Å². The number of benzene rings is 2. The number of nitrogens with one attached hydrogen (secondary N) is 2. The standard InChI is InChI=1S/C36H48N4O6/c1-11-35(9,10)36-21-28(29(43)38-33(3,4)5)40(31(36)39(22(2)41)27-15-13-12-14-25(27)36)30(44)26(37-32(45)46-34(6,7)8)20-23-16-18-24(42)19-17-23/h11-19,26,28,31,42H,1,20-21H2,2-10H3,(H,37,45)(H,38,43)/t26-,28+,31-,36+/m0/s1. The number of rotatable bonds is 7. The zero-order valence-corrected chi connectivity index (χ0v) is 28.4. The van der Waals surface area contributed by atoms with Crippen molar-refractivity contribution in [3.63, 3.8) is 0 Å². The SMILES string of the molecule is C=CC(C)(C)[C@@]12C[C@H](C(=O)NC(C)(C)C)N(C(=O)[C@H](Cc3ccc(O)cc3)NC(=O)OC(C)(C)C)[C@@H]1N(C(C)=O)c1ccccc12. The molecule has 0 bridgehead atoms. The van der Waals surface area contributed by atoms with Gasteiger partial charge in [0.15, 0.2) is 0 Å². The van der Waals surface area contributed by atoms with E-state index in [-0.39, 0.29) is 30.4 Å². The number of para-hydroxylation sites is 1. The Hall–Kier alpha value is -4.34. The van der Waals surface area contributed by atoms with Crippen molar-refractivity contribution in [3.8, 4) is 5.75 Å². The Bertz CT molecular complexity index is 1520. The molecule has 3 N–H and O–H groups in total. The molecule has 248 valence electrons. The second-order valence-electron chi connectivity index (χ2n) is 15.0. The fourth-order valence-corrected chi connectivity index (χ4v) is 6.81. The Balaban J connectivity index is 1.94. The van der Waals surface area contributed by atoms with E-state index in [0.717, 1.165) is 5.56 Å². The number of fused-ring (bicyclic) bond motifs is 3. The van der Waals surface area contributed by atoms with Crippen LogP contribution in [0.4, 0.5) is 10.5 Å². The molecule has 2 heterocycles. The smallest absolute Gasteiger partial charge is 0.408 e. The summed E-state index contributed by atoms with van der Waals surface area (Å²) < 4.78 is 5.55. The van der Waals surface area contributed by atoms with Crippen molar-refractivity contribution in [2.24, 2.45) is 5.41 Å². The number of ether oxygens (including phenoxy) is 1. The number of likely N-dealkylation sites (tertiary alicyclic amines) is 1. The van der Waals surface area contributed by atoms with E-state index in [4.69, 9.17) is 4.74 Å². The highest BCUT2D eigenvalue weighted by molar-refractivity contribution is 6.00. The average molecular weight is 633 g/mol. The number of phenols is 1. The van der Waals surface area contributed by atoms with Crippen molar-refractivity contribution in [1.82, 2.24) is 15.5 Å². The number of amides is 4. The molecule has 10 nitrogen and oxygen atoms in total. The summed E-state index contributed by atoms with van der Waals surface area (Å²) in [6.45, 7) is 20.4. The predicted molar refractivity (Wildman–Crippen MR) is 177 cm³/mol. The van der Waals surface area contributed by atoms with Gasteiger partial charge in [-0.05, 0) is 82.7 Å². The van der Waals surface area contributed by atoms with Gasteiger partial charge < -0.3 is 25.4 Å². The lowest BCUT2D eigenvalue weighted by Crippen LogP contribution is -2.63. The number of hydrogen-bond acceptors (Lipinski definition) is 6. The number of carbonyl (C=O) groups is 4. The highest BCUT2D eigenvalue weighted by Gasteiger charge is 2.69. The summed E-state index contributed by atoms with van der Waals surface area (Å²) in [5, 5.41) is 15.7. The van der Waals surface area contributed by atoms with Crippen LogP contribution in [0.25, 0.3) is 0 Å². The predicted octanol–water partition coefficient (Wildman–Crippen LogP) is 5.19. The molecule has 0 unspecified atom stereocenters. The van der Waals surface area contributed by atoms with Crippen molar-refractivity contribution in [2.75, 3.05) is 4.90 Å². The monoisotopic (exact) mass is 632 g/mol. The molecule has 4 rings (SSSR count). The van der Waals surface area contributed by atoms with Gasteiger partial charge in [0.25, 0.3) is 0 Å². The first-order chi connectivity index (χ1) is 21.2. The topological polar surface area (TPSA) is 128 Å². The molecule has 0 aliphatic carbocycles. The van der Waals surface area contributed by atoms with E-state index in [0.29, 0.717) is 11.3 Å². The van der Waals surface area contributed by atoms with Crippen LogP contribution in [0.1, 0.15) is 79.9 Å². The number of carbonyl (C=O) groups excluding carboxylic acids is 4. The fourth-order valence-electron chi connectivity index (χ4n) is 6.81. The van der Waals surface area contributed by atoms with E-state index in [2.05, 4.69) is 17.2 Å². The van der Waals surface area contributed by atoms with E-state index >= 15 is 4.79 Å². The van der Waals surface area contributed by atoms with Crippen molar-refractivity contribution in [3.05, 3.63) is 72.3 Å². The first-order valence-electron chi connectivity index (χ1n) is 15.7. The summed E-state index contributed by atoms with van der Waals surface area (Å²) in [6.07, 6.45) is 0.375. The van der Waals surface area contributed by atoms with Gasteiger partial charge >= 0.3 is 6.09 Å². The minimum Gasteiger partial charge on any atom is -0.508 e. The van der Waals surface area contributed by atoms with Crippen LogP contribution in [0.5, 0.6) is 5.75 Å². The number of phenolic OH excluding ortho intramolecular Hbond substituents is 1. The second kappa shape index (κ2) is 12.1. The Morgan fingerprint density at radius 1 is 1.02 bits per heavy atom. The molecule has 2 aromatic rings. The molecule has 0 saturated carbocycles. The van der Waals surface area contributed by atoms with Gasteiger partial charge in [-0.25, -0.2) is 4.79 Å². The lowest BCUT2D eigenvalue weighted by molar-refractivity contribution is -0.143. The normalized spacial score (nSPS) is 21.6. The van der Waals surface area contributed by atoms with Gasteiger partial charge in [-0.1, -0.05) is 50.3 Å². The maximum Gasteiger partial charge on any atom is 0.408 e. The van der Waals surface area contributed by atoms with Crippen molar-refractivity contribution in [2.45, 2.75) is 110 Å². The third-order valence-electron chi connectivity index (χ3n) is 8.86. The van der Waals surface area contributed by atoms with Crippen LogP contribution in [-0.4, -0.2) is 63.2 Å². The Morgan fingerprint density at radius 3 is 2.17 bits per heavy atom. The van der Waals surface area contributed by atoms with E-state index in [9.17, 15) is 19.5 Å². The van der Waals surface area contributed by atoms with Gasteiger partial charge in [0.05, 0.1) is 0 Å². The highest BCUT2D eigenvalue weighted by atomic mass is 16.6. The van der Waals surface area contributed by atoms with Gasteiger partial charge in [-0.15, -0.1) is 6.58 Å². The molecule has 0 spiro atoms. The van der Waals surface area contributed by atoms with Crippen molar-refractivity contribution < 1.29 is 29.0 Å². The summed E-state index contributed by atoms with van der Waals surface area (Å²) in [4.78, 5) is 59.1. The van der Waals surface area contributed by atoms with Crippen LogP contribution < -0.4 is 15.5 Å². The number of aromatic hydroxyl groups is 1. The molecule has 0 radical (unpaired) electrons. The maximum absolute atomic E-state index is 15.1. The van der Waals surface area contributed by atoms with Gasteiger partial charge in [0.2, 0.25) is 17.7 Å². The molecule has 46 heavy (non-hydrogen) atoms. The van der Waals surface area contributed by atoms with Crippen molar-refractivity contribution in [1.29, 1.82) is 0 Å². The molecule has 2 aliphatic heterocycles. The van der Waals surface area contributed by atoms with Gasteiger partial charge in [-0.2, -0.15) is 0 Å². The third kappa shape index (κ3) is 6.48. The van der Waals surface area contributed by atoms with E-state index in [1.807, 2.05) is 65.0 Å². The van der Waals surface area contributed by atoms with Crippen LogP contribution >= 0.6 is 0 Å². The van der Waals surface area contributed by atoms with Gasteiger partial charge in [-0.3, -0.25) is 19.3 Å². The number of alkyl carbamates (subject to hydrolysis) is 1. The molecular formula is C36H48N4O6. The molecular weight excluding hydrogens is 584 g/mol. The first kappa shape index (κ1) is 34.5. The van der Waals surface area contributed by atoms with Gasteiger partial charge in [0.1, 0.15) is 29.6 Å². The van der Waals surface area contributed by atoms with Crippen LogP contribution in [0.15, 0.2) is 61.2 Å². The zero-order chi connectivity index (χ0) is 34.4. The molecule has 1 fully saturated rings. The lowest BCUT2D eigenvalue weighted by atomic mass is 9.60. The minimum atomic E-state index is -1.18. The molecule has 10 heteroatoms. The summed E-state index contributed by atoms with van der Waals surface area (Å²) in [6, 6.07) is 11.7. The zero-order valence-electron chi connectivity index (χ0n) is 28.4. The number of anilines is 1. The second-order valence-corrected chi connectivity index (χ2v) is 15.0. The summed E-state index contributed by atoms with van der Waals surface area (Å²) in [7, 11) is 0. The lowest BCUT2D eigenvalue weighted by Gasteiger charge is -2.45. The van der Waals surface area contributed by atoms with Gasteiger partial charge in [0, 0.05) is 30.0 Å². The van der Waals surface area contributed by atoms with E-state index < -0.39 is 52.2 Å². The minimum absolute atomic E-state index is 0.0417. The van der Waals surface area contributed by atoms with Crippen LogP contribution in [-0.2, 0) is 31.0 Å². The molecule has 0 aromatic heterocycles. The molecule has 2 aliphatic rings. The number of hydrogen-bond donors (Lipinski definition) is 3. The Morgan fingerprint density at radius 2 is 1.63 bits per heavy atom. The number of nitrogens with zero attached hydrogens (tertiary/aromatic N) is 2. The summed E-state index contributed by atoms with van der Waals surface area (Å²) >= 11 is 0. The molecule has 4 atom stereocenters. The number of allylic oxidation sites excluding steroid dienone is 1. The average Bonchev–Trinajstić information content (AvgIpc) is 3.43. The molecule has 2 aromatic carbocycles. The summed E-state index contributed by atoms with van der Waals surface area (Å²) in [5.41, 5.74) is -0.876. The summed E-state index contributed by atoms with van der Waals surface area (Å²) in [5.74, 6) is -1.14. The fraction of sp³-hybridized carbons (Fsp3) is 0.500. The Kier molecular flexibility index (Phi) is 9.09. The first-order valence-corrected chi connectivity index (χ1v) is 15.7. The highest BCUT2D eigenvalue weighted by Crippen LogP contribution is 2.62. The van der Waals surface area contributed by atoms with Crippen LogP contribution in [0.3, 0.4) is 0 Å². The Labute approximate surface area is 272 Å².